The molecule has 1 fully saturated rings. The number of hydrogen-bond donors (Lipinski definition) is 1. The van der Waals surface area contributed by atoms with Gasteiger partial charge in [0.2, 0.25) is 0 Å². The number of nitrogens with zero attached hydrogens (tertiary/aromatic N) is 7. The zero-order valence-electron chi connectivity index (χ0n) is 16.9. The zero-order valence-corrected chi connectivity index (χ0v) is 16.9. The first-order valence-corrected chi connectivity index (χ1v) is 10.2. The van der Waals surface area contributed by atoms with E-state index in [1.165, 1.54) is 0 Å². The molecule has 9 heteroatoms. The minimum absolute atomic E-state index is 0.202. The third-order valence-corrected chi connectivity index (χ3v) is 5.66. The molecule has 6 heterocycles. The number of hydrogen-bond acceptors (Lipinski definition) is 7. The molecule has 6 rings (SSSR count). The second-order valence-electron chi connectivity index (χ2n) is 7.59. The molecule has 9 nitrogen and oxygen atoms in total. The summed E-state index contributed by atoms with van der Waals surface area (Å²) in [6, 6.07) is 8.00. The number of ether oxygens (including phenoxy) is 1. The van der Waals surface area contributed by atoms with E-state index in [4.69, 9.17) is 14.7 Å². The van der Waals surface area contributed by atoms with Crippen molar-refractivity contribution in [2.24, 2.45) is 0 Å². The SMILES string of the molecule is C[C@@H]1COCCN1c1nc(-c2ccnc3[nH]ccc23)nc2c1cnn2-c1ccncc1. The highest BCUT2D eigenvalue weighted by atomic mass is 16.5. The first-order chi connectivity index (χ1) is 15.3. The molecule has 0 saturated carbocycles. The van der Waals surface area contributed by atoms with Crippen LogP contribution in [0.1, 0.15) is 6.92 Å². The summed E-state index contributed by atoms with van der Waals surface area (Å²) < 4.78 is 7.50. The van der Waals surface area contributed by atoms with Gasteiger partial charge in [-0.25, -0.2) is 19.6 Å². The largest absolute Gasteiger partial charge is 0.377 e. The van der Waals surface area contributed by atoms with Crippen molar-refractivity contribution >= 4 is 27.9 Å². The molecule has 5 aromatic heterocycles. The van der Waals surface area contributed by atoms with Crippen molar-refractivity contribution in [3.8, 4) is 17.1 Å². The number of pyridine rings is 2. The summed E-state index contributed by atoms with van der Waals surface area (Å²) in [6.07, 6.45) is 9.00. The summed E-state index contributed by atoms with van der Waals surface area (Å²) in [6.45, 7) is 4.25. The normalized spacial score (nSPS) is 16.9. The predicted octanol–water partition coefficient (Wildman–Crippen LogP) is 2.98. The van der Waals surface area contributed by atoms with Crippen molar-refractivity contribution in [3.63, 3.8) is 0 Å². The third-order valence-electron chi connectivity index (χ3n) is 5.66. The smallest absolute Gasteiger partial charge is 0.169 e. The van der Waals surface area contributed by atoms with Crippen LogP contribution in [0.4, 0.5) is 5.82 Å². The fourth-order valence-electron chi connectivity index (χ4n) is 4.10. The Balaban J connectivity index is 1.63. The van der Waals surface area contributed by atoms with Gasteiger partial charge in [0, 0.05) is 42.3 Å². The lowest BCUT2D eigenvalue weighted by Crippen LogP contribution is -2.44. The molecule has 0 aliphatic carbocycles. The lowest BCUT2D eigenvalue weighted by molar-refractivity contribution is 0.0987. The van der Waals surface area contributed by atoms with Gasteiger partial charge in [-0.1, -0.05) is 0 Å². The Labute approximate surface area is 177 Å². The highest BCUT2D eigenvalue weighted by Gasteiger charge is 2.25. The fourth-order valence-corrected chi connectivity index (χ4v) is 4.10. The van der Waals surface area contributed by atoms with Crippen LogP contribution in [0.5, 0.6) is 0 Å². The van der Waals surface area contributed by atoms with Crippen LogP contribution in [0, 0.1) is 0 Å². The van der Waals surface area contributed by atoms with Crippen molar-refractivity contribution < 1.29 is 4.74 Å². The van der Waals surface area contributed by atoms with E-state index >= 15 is 0 Å². The van der Waals surface area contributed by atoms with Crippen molar-refractivity contribution in [3.05, 3.63) is 55.2 Å². The molecular formula is C22H20N8O. The van der Waals surface area contributed by atoms with Gasteiger partial charge in [-0.3, -0.25) is 4.98 Å². The molecule has 5 aromatic rings. The average molecular weight is 412 g/mol. The fraction of sp³-hybridized carbons (Fsp3) is 0.227. The van der Waals surface area contributed by atoms with E-state index in [0.717, 1.165) is 45.7 Å². The van der Waals surface area contributed by atoms with Gasteiger partial charge >= 0.3 is 0 Å². The Morgan fingerprint density at radius 1 is 1.06 bits per heavy atom. The van der Waals surface area contributed by atoms with Crippen LogP contribution < -0.4 is 4.90 Å². The number of rotatable bonds is 3. The van der Waals surface area contributed by atoms with Gasteiger partial charge in [-0.15, -0.1) is 0 Å². The molecule has 0 spiro atoms. The molecule has 1 saturated heterocycles. The molecule has 1 aliphatic heterocycles. The molecule has 0 unspecified atom stereocenters. The summed E-state index contributed by atoms with van der Waals surface area (Å²) in [5.41, 5.74) is 3.39. The molecular weight excluding hydrogens is 392 g/mol. The van der Waals surface area contributed by atoms with E-state index in [0.29, 0.717) is 19.0 Å². The maximum Gasteiger partial charge on any atom is 0.169 e. The van der Waals surface area contributed by atoms with Crippen LogP contribution in [-0.2, 0) is 4.74 Å². The van der Waals surface area contributed by atoms with E-state index in [1.54, 1.807) is 18.6 Å². The summed E-state index contributed by atoms with van der Waals surface area (Å²) in [4.78, 5) is 24.0. The van der Waals surface area contributed by atoms with E-state index in [1.807, 2.05) is 41.3 Å². The van der Waals surface area contributed by atoms with Gasteiger partial charge in [0.25, 0.3) is 0 Å². The maximum atomic E-state index is 5.66. The third kappa shape index (κ3) is 2.93. The molecule has 1 atom stereocenters. The number of nitrogens with one attached hydrogen (secondary N) is 1. The van der Waals surface area contributed by atoms with Gasteiger partial charge < -0.3 is 14.6 Å². The maximum absolute atomic E-state index is 5.66. The highest BCUT2D eigenvalue weighted by molar-refractivity contribution is 5.94. The number of anilines is 1. The highest BCUT2D eigenvalue weighted by Crippen LogP contribution is 2.32. The van der Waals surface area contributed by atoms with Crippen molar-refractivity contribution in [1.29, 1.82) is 0 Å². The van der Waals surface area contributed by atoms with E-state index in [2.05, 4.69) is 31.9 Å². The molecule has 0 amide bonds. The number of aromatic nitrogens is 7. The van der Waals surface area contributed by atoms with Gasteiger partial charge in [-0.2, -0.15) is 5.10 Å². The summed E-state index contributed by atoms with van der Waals surface area (Å²) >= 11 is 0. The lowest BCUT2D eigenvalue weighted by atomic mass is 10.1. The quantitative estimate of drug-likeness (QED) is 0.486. The number of morpholine rings is 1. The summed E-state index contributed by atoms with van der Waals surface area (Å²) in [7, 11) is 0. The van der Waals surface area contributed by atoms with Crippen LogP contribution in [0.3, 0.4) is 0 Å². The Bertz CT molecular complexity index is 1380. The van der Waals surface area contributed by atoms with Crippen molar-refractivity contribution in [2.75, 3.05) is 24.7 Å². The first kappa shape index (κ1) is 18.0. The topological polar surface area (TPSA) is 97.6 Å². The summed E-state index contributed by atoms with van der Waals surface area (Å²) in [5, 5.41) is 6.54. The molecule has 0 radical (unpaired) electrons. The van der Waals surface area contributed by atoms with Crippen LogP contribution in [0.25, 0.3) is 39.1 Å². The lowest BCUT2D eigenvalue weighted by Gasteiger charge is -2.34. The standard InChI is InChI=1S/C22H20N8O/c1-14-13-31-11-10-29(14)21-18-12-26-30(15-2-6-23-7-3-15)22(18)28-20(27-21)17-5-9-25-19-16(17)4-8-24-19/h2-9,12,14H,10-11,13H2,1H3,(H,24,25)/t14-/m1/s1. The molecule has 1 aliphatic rings. The number of fused-ring (bicyclic) bond motifs is 2. The van der Waals surface area contributed by atoms with E-state index in [9.17, 15) is 0 Å². The molecule has 0 bridgehead atoms. The first-order valence-electron chi connectivity index (χ1n) is 10.2. The van der Waals surface area contributed by atoms with Gasteiger partial charge in [-0.05, 0) is 31.2 Å². The minimum Gasteiger partial charge on any atom is -0.377 e. The van der Waals surface area contributed by atoms with Crippen LogP contribution in [0.15, 0.2) is 55.2 Å². The van der Waals surface area contributed by atoms with Crippen LogP contribution in [0.2, 0.25) is 0 Å². The van der Waals surface area contributed by atoms with Gasteiger partial charge in [0.1, 0.15) is 11.5 Å². The Hall–Kier alpha value is -3.85. The van der Waals surface area contributed by atoms with Gasteiger partial charge in [0.05, 0.1) is 36.5 Å². The zero-order chi connectivity index (χ0) is 20.8. The Kier molecular flexibility index (Phi) is 4.13. The number of aromatic amines is 1. The summed E-state index contributed by atoms with van der Waals surface area (Å²) in [5.74, 6) is 1.51. The molecule has 0 aromatic carbocycles. The van der Waals surface area contributed by atoms with Crippen LogP contribution >= 0.6 is 0 Å². The molecule has 31 heavy (non-hydrogen) atoms. The predicted molar refractivity (Wildman–Crippen MR) is 117 cm³/mol. The Morgan fingerprint density at radius 3 is 2.84 bits per heavy atom. The monoisotopic (exact) mass is 412 g/mol. The van der Waals surface area contributed by atoms with E-state index in [-0.39, 0.29) is 6.04 Å². The minimum atomic E-state index is 0.202. The van der Waals surface area contributed by atoms with Crippen LogP contribution in [-0.4, -0.2) is 60.5 Å². The number of H-pyrrole nitrogens is 1. The van der Waals surface area contributed by atoms with Crippen molar-refractivity contribution in [1.82, 2.24) is 34.7 Å². The van der Waals surface area contributed by atoms with Gasteiger partial charge in [0.15, 0.2) is 11.5 Å². The second-order valence-corrected chi connectivity index (χ2v) is 7.59. The Morgan fingerprint density at radius 2 is 1.97 bits per heavy atom. The molecule has 154 valence electrons. The van der Waals surface area contributed by atoms with E-state index < -0.39 is 0 Å². The molecule has 1 N–H and O–H groups in total. The second kappa shape index (κ2) is 7.13. The van der Waals surface area contributed by atoms with Crippen molar-refractivity contribution in [2.45, 2.75) is 13.0 Å². The average Bonchev–Trinajstić information content (AvgIpc) is 3.46.